The minimum Gasteiger partial charge on any atom is -0.380 e. The van der Waals surface area contributed by atoms with Gasteiger partial charge in [-0.2, -0.15) is 5.10 Å². The van der Waals surface area contributed by atoms with Crippen molar-refractivity contribution in [2.24, 2.45) is 0 Å². The van der Waals surface area contributed by atoms with Crippen molar-refractivity contribution in [2.75, 3.05) is 23.3 Å². The number of halogens is 1. The van der Waals surface area contributed by atoms with Crippen LogP contribution in [0.2, 0.25) is 5.02 Å². The number of hydrogen-bond acceptors (Lipinski definition) is 5. The Hall–Kier alpha value is -3.12. The molecule has 0 spiro atoms. The number of nitrogens with zero attached hydrogens (tertiary/aromatic N) is 5. The molecule has 4 aromatic rings. The van der Waals surface area contributed by atoms with Gasteiger partial charge in [0.05, 0.1) is 18.1 Å². The lowest BCUT2D eigenvalue weighted by molar-refractivity contribution is 0.703. The number of nitrogens with one attached hydrogen (secondary N) is 1. The SMILES string of the molecule is Clc1ccc(Cn2ncc3c(N4CCC(Nc5ccccc5)C4)ncnc32)cc1. The van der Waals surface area contributed by atoms with E-state index in [0.29, 0.717) is 12.6 Å². The summed E-state index contributed by atoms with van der Waals surface area (Å²) in [6.07, 6.45) is 4.58. The summed E-state index contributed by atoms with van der Waals surface area (Å²) in [5, 5.41) is 9.91. The first kappa shape index (κ1) is 17.9. The molecule has 29 heavy (non-hydrogen) atoms. The van der Waals surface area contributed by atoms with Gasteiger partial charge in [-0.25, -0.2) is 14.6 Å². The average molecular weight is 405 g/mol. The lowest BCUT2D eigenvalue weighted by Gasteiger charge is -2.19. The van der Waals surface area contributed by atoms with Crippen LogP contribution in [-0.2, 0) is 6.54 Å². The summed E-state index contributed by atoms with van der Waals surface area (Å²) in [4.78, 5) is 11.4. The zero-order chi connectivity index (χ0) is 19.6. The van der Waals surface area contributed by atoms with Crippen molar-refractivity contribution in [2.45, 2.75) is 19.0 Å². The number of benzene rings is 2. The normalized spacial score (nSPS) is 16.4. The smallest absolute Gasteiger partial charge is 0.163 e. The Morgan fingerprint density at radius 1 is 1.03 bits per heavy atom. The van der Waals surface area contributed by atoms with E-state index >= 15 is 0 Å². The highest BCUT2D eigenvalue weighted by Crippen LogP contribution is 2.27. The lowest BCUT2D eigenvalue weighted by atomic mass is 10.2. The molecular formula is C22H21ClN6. The maximum atomic E-state index is 5.99. The molecule has 3 heterocycles. The topological polar surface area (TPSA) is 58.9 Å². The third-order valence-electron chi connectivity index (χ3n) is 5.29. The van der Waals surface area contributed by atoms with Gasteiger partial charge < -0.3 is 10.2 Å². The van der Waals surface area contributed by atoms with Crippen molar-refractivity contribution in [3.63, 3.8) is 0 Å². The summed E-state index contributed by atoms with van der Waals surface area (Å²) < 4.78 is 1.92. The molecule has 0 bridgehead atoms. The van der Waals surface area contributed by atoms with Crippen LogP contribution in [-0.4, -0.2) is 38.9 Å². The first-order valence-corrected chi connectivity index (χ1v) is 10.1. The number of para-hydroxylation sites is 1. The van der Waals surface area contributed by atoms with E-state index in [1.807, 2.05) is 41.2 Å². The van der Waals surface area contributed by atoms with E-state index in [1.165, 1.54) is 0 Å². The van der Waals surface area contributed by atoms with Crippen LogP contribution in [0.5, 0.6) is 0 Å². The maximum absolute atomic E-state index is 5.99. The molecule has 1 atom stereocenters. The van der Waals surface area contributed by atoms with Gasteiger partial charge in [-0.15, -0.1) is 0 Å². The van der Waals surface area contributed by atoms with Crippen molar-refractivity contribution in [3.05, 3.63) is 77.7 Å². The molecular weight excluding hydrogens is 384 g/mol. The molecule has 146 valence electrons. The van der Waals surface area contributed by atoms with Crippen LogP contribution in [0.3, 0.4) is 0 Å². The van der Waals surface area contributed by atoms with E-state index in [0.717, 1.165) is 52.6 Å². The van der Waals surface area contributed by atoms with Crippen molar-refractivity contribution >= 4 is 34.1 Å². The minimum atomic E-state index is 0.395. The van der Waals surface area contributed by atoms with Gasteiger partial charge in [-0.05, 0) is 36.2 Å². The van der Waals surface area contributed by atoms with Crippen molar-refractivity contribution in [1.82, 2.24) is 19.7 Å². The van der Waals surface area contributed by atoms with Crippen LogP contribution in [0.25, 0.3) is 11.0 Å². The Morgan fingerprint density at radius 2 is 1.86 bits per heavy atom. The summed E-state index contributed by atoms with van der Waals surface area (Å²) >= 11 is 5.99. The fraction of sp³-hybridized carbons (Fsp3) is 0.227. The summed E-state index contributed by atoms with van der Waals surface area (Å²) in [5.41, 5.74) is 3.14. The van der Waals surface area contributed by atoms with Crippen molar-refractivity contribution < 1.29 is 0 Å². The highest BCUT2D eigenvalue weighted by molar-refractivity contribution is 6.30. The van der Waals surface area contributed by atoms with E-state index in [9.17, 15) is 0 Å². The van der Waals surface area contributed by atoms with Gasteiger partial charge in [0.2, 0.25) is 0 Å². The Labute approximate surface area is 174 Å². The number of rotatable bonds is 5. The predicted molar refractivity (Wildman–Crippen MR) is 117 cm³/mol. The molecule has 2 aromatic carbocycles. The van der Waals surface area contributed by atoms with Crippen LogP contribution in [0.1, 0.15) is 12.0 Å². The lowest BCUT2D eigenvalue weighted by Crippen LogP contribution is -2.26. The third kappa shape index (κ3) is 3.76. The molecule has 0 amide bonds. The summed E-state index contributed by atoms with van der Waals surface area (Å²) in [6.45, 7) is 2.51. The zero-order valence-corrected chi connectivity index (χ0v) is 16.6. The molecule has 1 unspecified atom stereocenters. The molecule has 0 aliphatic carbocycles. The molecule has 1 aliphatic rings. The fourth-order valence-corrected chi connectivity index (χ4v) is 3.98. The molecule has 1 aliphatic heterocycles. The van der Waals surface area contributed by atoms with Crippen LogP contribution < -0.4 is 10.2 Å². The second kappa shape index (κ2) is 7.72. The molecule has 7 heteroatoms. The standard InChI is InChI=1S/C22H21ClN6/c23-17-8-6-16(7-9-17)13-29-22-20(12-26-29)21(24-15-25-22)28-11-10-19(14-28)27-18-4-2-1-3-5-18/h1-9,12,15,19,27H,10-11,13-14H2. The molecule has 0 radical (unpaired) electrons. The van der Waals surface area contributed by atoms with E-state index < -0.39 is 0 Å². The second-order valence-electron chi connectivity index (χ2n) is 7.31. The van der Waals surface area contributed by atoms with Gasteiger partial charge in [-0.1, -0.05) is 41.9 Å². The number of aromatic nitrogens is 4. The zero-order valence-electron chi connectivity index (χ0n) is 15.9. The Morgan fingerprint density at radius 3 is 2.69 bits per heavy atom. The predicted octanol–water partition coefficient (Wildman–Crippen LogP) is 4.22. The molecule has 5 rings (SSSR count). The third-order valence-corrected chi connectivity index (χ3v) is 5.54. The Kier molecular flexibility index (Phi) is 4.77. The summed E-state index contributed by atoms with van der Waals surface area (Å²) in [6, 6.07) is 18.6. The molecule has 1 fully saturated rings. The summed E-state index contributed by atoms with van der Waals surface area (Å²) in [5.74, 6) is 0.953. The van der Waals surface area contributed by atoms with Crippen molar-refractivity contribution in [1.29, 1.82) is 0 Å². The van der Waals surface area contributed by atoms with E-state index in [4.69, 9.17) is 11.6 Å². The minimum absolute atomic E-state index is 0.395. The van der Waals surface area contributed by atoms with E-state index in [1.54, 1.807) is 6.33 Å². The van der Waals surface area contributed by atoms with Gasteiger partial charge in [0.25, 0.3) is 0 Å². The first-order valence-electron chi connectivity index (χ1n) is 9.74. The molecule has 6 nitrogen and oxygen atoms in total. The summed E-state index contributed by atoms with van der Waals surface area (Å²) in [7, 11) is 0. The first-order chi connectivity index (χ1) is 14.3. The van der Waals surface area contributed by atoms with Crippen LogP contribution in [0.15, 0.2) is 67.1 Å². The van der Waals surface area contributed by atoms with Crippen molar-refractivity contribution in [3.8, 4) is 0 Å². The number of hydrogen-bond donors (Lipinski definition) is 1. The highest BCUT2D eigenvalue weighted by atomic mass is 35.5. The monoisotopic (exact) mass is 404 g/mol. The molecule has 2 aromatic heterocycles. The molecule has 0 saturated carbocycles. The van der Waals surface area contributed by atoms with Gasteiger partial charge in [0.15, 0.2) is 5.65 Å². The van der Waals surface area contributed by atoms with Gasteiger partial charge in [-0.3, -0.25) is 0 Å². The highest BCUT2D eigenvalue weighted by Gasteiger charge is 2.25. The largest absolute Gasteiger partial charge is 0.380 e. The van der Waals surface area contributed by atoms with Crippen LogP contribution in [0.4, 0.5) is 11.5 Å². The Bertz CT molecular complexity index is 1110. The number of fused-ring (bicyclic) bond motifs is 1. The average Bonchev–Trinajstić information content (AvgIpc) is 3.38. The maximum Gasteiger partial charge on any atom is 0.163 e. The van der Waals surface area contributed by atoms with Gasteiger partial charge >= 0.3 is 0 Å². The van der Waals surface area contributed by atoms with E-state index in [2.05, 4.69) is 49.5 Å². The Balaban J connectivity index is 1.36. The van der Waals surface area contributed by atoms with Gasteiger partial charge in [0, 0.05) is 29.8 Å². The molecule has 1 N–H and O–H groups in total. The number of anilines is 2. The van der Waals surface area contributed by atoms with E-state index in [-0.39, 0.29) is 0 Å². The van der Waals surface area contributed by atoms with Crippen LogP contribution in [0, 0.1) is 0 Å². The van der Waals surface area contributed by atoms with Crippen LogP contribution >= 0.6 is 11.6 Å². The quantitative estimate of drug-likeness (QED) is 0.539. The second-order valence-corrected chi connectivity index (χ2v) is 7.74. The fourth-order valence-electron chi connectivity index (χ4n) is 3.85. The molecule has 1 saturated heterocycles. The van der Waals surface area contributed by atoms with Gasteiger partial charge in [0.1, 0.15) is 12.1 Å².